The van der Waals surface area contributed by atoms with Gasteiger partial charge in [-0.1, -0.05) is 0 Å². The van der Waals surface area contributed by atoms with Crippen molar-refractivity contribution in [3.05, 3.63) is 23.5 Å². The zero-order chi connectivity index (χ0) is 19.2. The van der Waals surface area contributed by atoms with Crippen LogP contribution >= 0.6 is 0 Å². The van der Waals surface area contributed by atoms with Gasteiger partial charge in [-0.15, -0.1) is 0 Å². The van der Waals surface area contributed by atoms with Crippen molar-refractivity contribution in [1.29, 1.82) is 0 Å². The summed E-state index contributed by atoms with van der Waals surface area (Å²) in [7, 11) is 0. The summed E-state index contributed by atoms with van der Waals surface area (Å²) in [4.78, 5) is 39.1. The summed E-state index contributed by atoms with van der Waals surface area (Å²) >= 11 is 0. The molecule has 0 unspecified atom stereocenters. The molecule has 4 bridgehead atoms. The molecule has 2 aliphatic heterocycles. The number of carbonyl (C=O) groups is 3. The minimum atomic E-state index is -0.860. The molecule has 5 fully saturated rings. The number of amides is 4. The van der Waals surface area contributed by atoms with Crippen molar-refractivity contribution in [3.63, 3.8) is 0 Å². The molecule has 4 amide bonds. The standard InChI is InChI=1S/C21H22FN3O3/c22-15-9-16-12(1-2-18(26)23-16)8-17(15)25-19(27)21(24-20(25)28)13-4-10-3-11(6-13)7-14(21)5-10/h8-11,13-14H,1-7H2,(H,23,26)(H,24,28). The van der Waals surface area contributed by atoms with E-state index < -0.39 is 17.4 Å². The average Bonchev–Trinajstić information content (AvgIpc) is 2.90. The molecule has 0 aromatic heterocycles. The molecule has 28 heavy (non-hydrogen) atoms. The van der Waals surface area contributed by atoms with Gasteiger partial charge in [-0.2, -0.15) is 0 Å². The van der Waals surface area contributed by atoms with Gasteiger partial charge in [0.05, 0.1) is 5.69 Å². The number of benzene rings is 1. The Balaban J connectivity index is 1.40. The first-order chi connectivity index (χ1) is 13.5. The Morgan fingerprint density at radius 2 is 1.64 bits per heavy atom. The van der Waals surface area contributed by atoms with Gasteiger partial charge in [-0.05, 0) is 79.9 Å². The SMILES string of the molecule is O=C1CCc2cc(N3C(=O)NC4(C3=O)C3CC5CC(C3)CC4C5)c(F)cc2N1. The fourth-order valence-electron chi connectivity index (χ4n) is 6.82. The van der Waals surface area contributed by atoms with Crippen LogP contribution in [0.15, 0.2) is 12.1 Å². The predicted molar refractivity (Wildman–Crippen MR) is 99.1 cm³/mol. The summed E-state index contributed by atoms with van der Waals surface area (Å²) in [6.07, 6.45) is 5.95. The van der Waals surface area contributed by atoms with Crippen LogP contribution in [0.3, 0.4) is 0 Å². The quantitative estimate of drug-likeness (QED) is 0.732. The van der Waals surface area contributed by atoms with E-state index in [1.54, 1.807) is 6.07 Å². The molecular formula is C21H22FN3O3. The van der Waals surface area contributed by atoms with Crippen LogP contribution in [0.5, 0.6) is 0 Å². The van der Waals surface area contributed by atoms with Gasteiger partial charge >= 0.3 is 6.03 Å². The number of anilines is 2. The monoisotopic (exact) mass is 383 g/mol. The van der Waals surface area contributed by atoms with Gasteiger partial charge in [0.15, 0.2) is 0 Å². The number of urea groups is 1. The summed E-state index contributed by atoms with van der Waals surface area (Å²) in [5.74, 6) is 0.541. The minimum Gasteiger partial charge on any atom is -0.326 e. The molecule has 4 saturated carbocycles. The van der Waals surface area contributed by atoms with Crippen molar-refractivity contribution < 1.29 is 18.8 Å². The first-order valence-corrected chi connectivity index (χ1v) is 10.2. The summed E-state index contributed by atoms with van der Waals surface area (Å²) in [5, 5.41) is 5.68. The lowest BCUT2D eigenvalue weighted by atomic mass is 9.48. The van der Waals surface area contributed by atoms with Crippen LogP contribution < -0.4 is 15.5 Å². The fourth-order valence-corrected chi connectivity index (χ4v) is 6.82. The molecular weight excluding hydrogens is 361 g/mol. The molecule has 2 N–H and O–H groups in total. The summed E-state index contributed by atoms with van der Waals surface area (Å²) in [6, 6.07) is 2.26. The second kappa shape index (κ2) is 5.33. The van der Waals surface area contributed by atoms with Crippen LogP contribution in [0.1, 0.15) is 44.1 Å². The summed E-state index contributed by atoms with van der Waals surface area (Å²) < 4.78 is 14.9. The Hall–Kier alpha value is -2.44. The molecule has 1 saturated heterocycles. The number of hydrogen-bond donors (Lipinski definition) is 2. The number of nitrogens with zero attached hydrogens (tertiary/aromatic N) is 1. The lowest BCUT2D eigenvalue weighted by Gasteiger charge is -2.58. The van der Waals surface area contributed by atoms with E-state index in [9.17, 15) is 18.8 Å². The Labute approximate surface area is 161 Å². The molecule has 1 spiro atoms. The van der Waals surface area contributed by atoms with E-state index in [1.165, 1.54) is 12.5 Å². The van der Waals surface area contributed by atoms with E-state index in [4.69, 9.17) is 0 Å². The maximum Gasteiger partial charge on any atom is 0.329 e. The molecule has 7 heteroatoms. The van der Waals surface area contributed by atoms with Gasteiger partial charge < -0.3 is 10.6 Å². The number of nitrogens with one attached hydrogen (secondary N) is 2. The van der Waals surface area contributed by atoms with Gasteiger partial charge in [0.2, 0.25) is 5.91 Å². The second-order valence-electron chi connectivity index (χ2n) is 9.25. The molecule has 1 aromatic rings. The number of carbonyl (C=O) groups excluding carboxylic acids is 3. The Kier molecular flexibility index (Phi) is 3.14. The first-order valence-electron chi connectivity index (χ1n) is 10.2. The highest BCUT2D eigenvalue weighted by Crippen LogP contribution is 2.60. The Bertz CT molecular complexity index is 915. The number of halogens is 1. The zero-order valence-corrected chi connectivity index (χ0v) is 15.5. The first kappa shape index (κ1) is 16.5. The molecule has 2 heterocycles. The number of rotatable bonds is 1. The van der Waals surface area contributed by atoms with E-state index in [1.807, 2.05) is 0 Å². The van der Waals surface area contributed by atoms with Crippen LogP contribution in [0, 0.1) is 29.5 Å². The maximum atomic E-state index is 14.9. The third kappa shape index (κ3) is 1.99. The number of hydrogen-bond acceptors (Lipinski definition) is 3. The minimum absolute atomic E-state index is 0.00285. The van der Waals surface area contributed by atoms with Crippen molar-refractivity contribution in [2.24, 2.45) is 23.7 Å². The molecule has 1 aromatic carbocycles. The van der Waals surface area contributed by atoms with Gasteiger partial charge in [-0.25, -0.2) is 14.1 Å². The number of imide groups is 1. The molecule has 6 nitrogen and oxygen atoms in total. The van der Waals surface area contributed by atoms with Gasteiger partial charge in [-0.3, -0.25) is 9.59 Å². The third-order valence-corrected chi connectivity index (χ3v) is 7.81. The fraction of sp³-hybridized carbons (Fsp3) is 0.571. The molecule has 146 valence electrons. The van der Waals surface area contributed by atoms with Crippen LogP contribution in [-0.4, -0.2) is 23.4 Å². The second-order valence-corrected chi connectivity index (χ2v) is 9.25. The van der Waals surface area contributed by atoms with Crippen LogP contribution in [0.4, 0.5) is 20.6 Å². The predicted octanol–water partition coefficient (Wildman–Crippen LogP) is 2.96. The van der Waals surface area contributed by atoms with Crippen LogP contribution in [0.25, 0.3) is 0 Å². The Morgan fingerprint density at radius 3 is 2.32 bits per heavy atom. The van der Waals surface area contributed by atoms with Gasteiger partial charge in [0.25, 0.3) is 5.91 Å². The van der Waals surface area contributed by atoms with Crippen molar-refractivity contribution in [2.75, 3.05) is 10.2 Å². The normalized spacial score (nSPS) is 38.0. The highest BCUT2D eigenvalue weighted by Gasteiger charge is 2.66. The topological polar surface area (TPSA) is 78.5 Å². The van der Waals surface area contributed by atoms with Crippen molar-refractivity contribution in [3.8, 4) is 0 Å². The lowest BCUT2D eigenvalue weighted by Crippen LogP contribution is -2.66. The summed E-state index contributed by atoms with van der Waals surface area (Å²) in [6.45, 7) is 0. The average molecular weight is 383 g/mol. The smallest absolute Gasteiger partial charge is 0.326 e. The molecule has 0 radical (unpaired) electrons. The molecule has 6 aliphatic rings. The third-order valence-electron chi connectivity index (χ3n) is 7.81. The molecule has 4 aliphatic carbocycles. The lowest BCUT2D eigenvalue weighted by molar-refractivity contribution is -0.138. The highest BCUT2D eigenvalue weighted by molar-refractivity contribution is 6.24. The van der Waals surface area contributed by atoms with E-state index in [0.717, 1.165) is 36.1 Å². The number of aryl methyl sites for hydroxylation is 1. The van der Waals surface area contributed by atoms with Gasteiger partial charge in [0, 0.05) is 12.1 Å². The van der Waals surface area contributed by atoms with E-state index in [0.29, 0.717) is 30.4 Å². The Morgan fingerprint density at radius 1 is 0.964 bits per heavy atom. The molecule has 0 atom stereocenters. The zero-order valence-electron chi connectivity index (χ0n) is 15.5. The summed E-state index contributed by atoms with van der Waals surface area (Å²) in [5.41, 5.74) is 0.320. The van der Waals surface area contributed by atoms with E-state index in [2.05, 4.69) is 10.6 Å². The highest BCUT2D eigenvalue weighted by atomic mass is 19.1. The molecule has 7 rings (SSSR count). The van der Waals surface area contributed by atoms with Crippen molar-refractivity contribution in [1.82, 2.24) is 5.32 Å². The van der Waals surface area contributed by atoms with Crippen molar-refractivity contribution in [2.45, 2.75) is 50.5 Å². The largest absolute Gasteiger partial charge is 0.329 e. The van der Waals surface area contributed by atoms with E-state index >= 15 is 0 Å². The maximum absolute atomic E-state index is 14.9. The van der Waals surface area contributed by atoms with Crippen LogP contribution in [0.2, 0.25) is 0 Å². The van der Waals surface area contributed by atoms with Crippen LogP contribution in [-0.2, 0) is 16.0 Å². The van der Waals surface area contributed by atoms with E-state index in [-0.39, 0.29) is 29.3 Å². The number of fused-ring (bicyclic) bond motifs is 1. The van der Waals surface area contributed by atoms with Crippen molar-refractivity contribution >= 4 is 29.2 Å². The van der Waals surface area contributed by atoms with Gasteiger partial charge in [0.1, 0.15) is 11.4 Å².